The fourth-order valence-corrected chi connectivity index (χ4v) is 4.15. The van der Waals surface area contributed by atoms with E-state index in [0.29, 0.717) is 18.3 Å². The molecule has 1 amide bonds. The standard InChI is InChI=1S/C23H25N5O2S/c1-3-16-8-10-17(11-9-16)25-21(29)15-31-23-27-26-22(28(23)12-13-30-2)19-14-24-20-7-5-4-6-18(19)20/h4-11,14,24H,3,12-13,15H2,1-2H3,(H,25,29). The number of hydrogen-bond acceptors (Lipinski definition) is 5. The van der Waals surface area contributed by atoms with Crippen molar-refractivity contribution >= 4 is 34.3 Å². The van der Waals surface area contributed by atoms with Crippen molar-refractivity contribution in [2.24, 2.45) is 0 Å². The highest BCUT2D eigenvalue weighted by molar-refractivity contribution is 7.99. The van der Waals surface area contributed by atoms with Crippen LogP contribution >= 0.6 is 11.8 Å². The molecule has 0 aliphatic heterocycles. The normalized spacial score (nSPS) is 11.2. The van der Waals surface area contributed by atoms with Crippen LogP contribution in [0.4, 0.5) is 5.69 Å². The molecule has 0 unspecified atom stereocenters. The number of anilines is 1. The Morgan fingerprint density at radius 1 is 1.16 bits per heavy atom. The molecule has 31 heavy (non-hydrogen) atoms. The van der Waals surface area contributed by atoms with Gasteiger partial charge in [-0.3, -0.25) is 9.36 Å². The molecule has 8 heteroatoms. The van der Waals surface area contributed by atoms with Gasteiger partial charge in [0.15, 0.2) is 11.0 Å². The van der Waals surface area contributed by atoms with Gasteiger partial charge in [0.25, 0.3) is 0 Å². The number of carbonyl (C=O) groups excluding carboxylic acids is 1. The molecule has 4 rings (SSSR count). The van der Waals surface area contributed by atoms with Crippen molar-refractivity contribution in [3.05, 3.63) is 60.3 Å². The van der Waals surface area contributed by atoms with Gasteiger partial charge in [-0.2, -0.15) is 0 Å². The highest BCUT2D eigenvalue weighted by atomic mass is 32.2. The van der Waals surface area contributed by atoms with Gasteiger partial charge in [-0.15, -0.1) is 10.2 Å². The lowest BCUT2D eigenvalue weighted by Crippen LogP contribution is -2.15. The summed E-state index contributed by atoms with van der Waals surface area (Å²) in [7, 11) is 1.67. The number of nitrogens with zero attached hydrogens (tertiary/aromatic N) is 3. The Morgan fingerprint density at radius 2 is 1.97 bits per heavy atom. The average molecular weight is 436 g/mol. The lowest BCUT2D eigenvalue weighted by Gasteiger charge is -2.10. The maximum absolute atomic E-state index is 12.5. The van der Waals surface area contributed by atoms with Gasteiger partial charge in [-0.05, 0) is 30.2 Å². The monoisotopic (exact) mass is 435 g/mol. The van der Waals surface area contributed by atoms with Crippen LogP contribution in [-0.2, 0) is 22.5 Å². The second-order valence-electron chi connectivity index (χ2n) is 7.09. The van der Waals surface area contributed by atoms with Crippen LogP contribution in [-0.4, -0.2) is 45.1 Å². The van der Waals surface area contributed by atoms with Crippen LogP contribution in [0.25, 0.3) is 22.3 Å². The molecule has 0 aliphatic rings. The van der Waals surface area contributed by atoms with Gasteiger partial charge in [0.05, 0.1) is 18.9 Å². The molecule has 0 atom stereocenters. The number of aryl methyl sites for hydroxylation is 1. The van der Waals surface area contributed by atoms with Gasteiger partial charge < -0.3 is 15.0 Å². The average Bonchev–Trinajstić information content (AvgIpc) is 3.40. The summed E-state index contributed by atoms with van der Waals surface area (Å²) in [5.74, 6) is 0.922. The number of fused-ring (bicyclic) bond motifs is 1. The number of carbonyl (C=O) groups is 1. The van der Waals surface area contributed by atoms with Gasteiger partial charge >= 0.3 is 0 Å². The minimum Gasteiger partial charge on any atom is -0.383 e. The summed E-state index contributed by atoms with van der Waals surface area (Å²) in [6, 6.07) is 16.0. The van der Waals surface area contributed by atoms with E-state index in [9.17, 15) is 4.79 Å². The number of benzene rings is 2. The number of thioether (sulfide) groups is 1. The van der Waals surface area contributed by atoms with E-state index >= 15 is 0 Å². The van der Waals surface area contributed by atoms with Gasteiger partial charge in [0.2, 0.25) is 5.91 Å². The van der Waals surface area contributed by atoms with E-state index in [1.165, 1.54) is 17.3 Å². The van der Waals surface area contributed by atoms with Crippen molar-refractivity contribution in [3.8, 4) is 11.4 Å². The first-order chi connectivity index (χ1) is 15.2. The fraction of sp³-hybridized carbons (Fsp3) is 0.261. The van der Waals surface area contributed by atoms with E-state index < -0.39 is 0 Å². The molecule has 2 aromatic heterocycles. The molecule has 0 radical (unpaired) electrons. The summed E-state index contributed by atoms with van der Waals surface area (Å²) < 4.78 is 7.29. The van der Waals surface area contributed by atoms with Gasteiger partial charge in [0, 0.05) is 35.5 Å². The third-order valence-corrected chi connectivity index (χ3v) is 6.01. The summed E-state index contributed by atoms with van der Waals surface area (Å²) >= 11 is 1.37. The summed E-state index contributed by atoms with van der Waals surface area (Å²) in [5, 5.41) is 13.5. The summed E-state index contributed by atoms with van der Waals surface area (Å²) in [6.07, 6.45) is 2.92. The van der Waals surface area contributed by atoms with Crippen molar-refractivity contribution in [1.82, 2.24) is 19.7 Å². The zero-order valence-electron chi connectivity index (χ0n) is 17.6. The van der Waals surface area contributed by atoms with Gasteiger partial charge in [-0.1, -0.05) is 49.0 Å². The van der Waals surface area contributed by atoms with E-state index in [2.05, 4.69) is 33.5 Å². The van der Waals surface area contributed by atoms with E-state index in [4.69, 9.17) is 4.74 Å². The predicted octanol–water partition coefficient (Wildman–Crippen LogP) is 4.37. The van der Waals surface area contributed by atoms with Gasteiger partial charge in [0.1, 0.15) is 0 Å². The second-order valence-corrected chi connectivity index (χ2v) is 8.03. The lowest BCUT2D eigenvalue weighted by atomic mass is 10.1. The minimum absolute atomic E-state index is 0.0795. The molecule has 7 nitrogen and oxygen atoms in total. The number of aromatic nitrogens is 4. The molecule has 0 bridgehead atoms. The van der Waals surface area contributed by atoms with Crippen LogP contribution in [0.3, 0.4) is 0 Å². The molecule has 0 spiro atoms. The zero-order chi connectivity index (χ0) is 21.6. The number of aromatic amines is 1. The third-order valence-electron chi connectivity index (χ3n) is 5.04. The van der Waals surface area contributed by atoms with Crippen molar-refractivity contribution in [3.63, 3.8) is 0 Å². The van der Waals surface area contributed by atoms with E-state index in [1.807, 2.05) is 53.2 Å². The molecule has 0 saturated carbocycles. The Balaban J connectivity index is 1.50. The van der Waals surface area contributed by atoms with Crippen LogP contribution in [0.15, 0.2) is 59.9 Å². The van der Waals surface area contributed by atoms with E-state index in [-0.39, 0.29) is 11.7 Å². The molecule has 2 aromatic carbocycles. The van der Waals surface area contributed by atoms with Crippen molar-refractivity contribution in [2.45, 2.75) is 25.0 Å². The highest BCUT2D eigenvalue weighted by Crippen LogP contribution is 2.30. The first-order valence-electron chi connectivity index (χ1n) is 10.2. The van der Waals surface area contributed by atoms with Crippen LogP contribution < -0.4 is 5.32 Å². The lowest BCUT2D eigenvalue weighted by molar-refractivity contribution is -0.113. The fourth-order valence-electron chi connectivity index (χ4n) is 3.39. The predicted molar refractivity (Wildman–Crippen MR) is 124 cm³/mol. The number of H-pyrrole nitrogens is 1. The molecule has 2 N–H and O–H groups in total. The Hall–Kier alpha value is -3.10. The zero-order valence-corrected chi connectivity index (χ0v) is 18.4. The maximum atomic E-state index is 12.5. The number of rotatable bonds is 9. The second kappa shape index (κ2) is 9.80. The summed E-state index contributed by atoms with van der Waals surface area (Å²) in [5.41, 5.74) is 4.06. The first-order valence-corrected chi connectivity index (χ1v) is 11.2. The molecule has 0 fully saturated rings. The first kappa shape index (κ1) is 21.1. The van der Waals surface area contributed by atoms with Crippen LogP contribution in [0, 0.1) is 0 Å². The summed E-state index contributed by atoms with van der Waals surface area (Å²) in [6.45, 7) is 3.23. The third kappa shape index (κ3) is 4.81. The number of ether oxygens (including phenoxy) is 1. The van der Waals surface area contributed by atoms with Crippen molar-refractivity contribution in [1.29, 1.82) is 0 Å². The molecular weight excluding hydrogens is 410 g/mol. The largest absolute Gasteiger partial charge is 0.383 e. The Morgan fingerprint density at radius 3 is 2.74 bits per heavy atom. The number of para-hydroxylation sites is 1. The molecule has 4 aromatic rings. The number of hydrogen-bond donors (Lipinski definition) is 2. The smallest absolute Gasteiger partial charge is 0.234 e. The number of methoxy groups -OCH3 is 1. The maximum Gasteiger partial charge on any atom is 0.234 e. The molecule has 160 valence electrons. The minimum atomic E-state index is -0.0795. The SMILES string of the molecule is CCc1ccc(NC(=O)CSc2nnc(-c3c[nH]c4ccccc34)n2CCOC)cc1. The molecule has 2 heterocycles. The molecule has 0 saturated heterocycles. The highest BCUT2D eigenvalue weighted by Gasteiger charge is 2.18. The molecule has 0 aliphatic carbocycles. The van der Waals surface area contributed by atoms with Crippen LogP contribution in [0.2, 0.25) is 0 Å². The number of nitrogens with one attached hydrogen (secondary N) is 2. The van der Waals surface area contributed by atoms with Crippen molar-refractivity contribution in [2.75, 3.05) is 24.8 Å². The van der Waals surface area contributed by atoms with E-state index in [1.54, 1.807) is 7.11 Å². The van der Waals surface area contributed by atoms with Gasteiger partial charge in [-0.25, -0.2) is 0 Å². The Bertz CT molecular complexity index is 1170. The van der Waals surface area contributed by atoms with E-state index in [0.717, 1.165) is 34.4 Å². The number of amides is 1. The van der Waals surface area contributed by atoms with Crippen molar-refractivity contribution < 1.29 is 9.53 Å². The topological polar surface area (TPSA) is 84.8 Å². The summed E-state index contributed by atoms with van der Waals surface area (Å²) in [4.78, 5) is 15.7. The van der Waals surface area contributed by atoms with Crippen LogP contribution in [0.5, 0.6) is 0 Å². The van der Waals surface area contributed by atoms with Crippen LogP contribution in [0.1, 0.15) is 12.5 Å². The Kier molecular flexibility index (Phi) is 6.69. The Labute approximate surface area is 185 Å². The molecular formula is C23H25N5O2S. The quantitative estimate of drug-likeness (QED) is 0.382.